The average Bonchev–Trinajstić information content (AvgIpc) is 3.15. The van der Waals surface area contributed by atoms with Crippen LogP contribution in [0.15, 0.2) is 59.1 Å². The third-order valence-corrected chi connectivity index (χ3v) is 5.24. The van der Waals surface area contributed by atoms with E-state index in [1.807, 2.05) is 35.2 Å². The van der Waals surface area contributed by atoms with Crippen molar-refractivity contribution in [1.29, 1.82) is 0 Å². The Bertz CT molecular complexity index is 1020. The Morgan fingerprint density at radius 2 is 1.73 bits per heavy atom. The maximum Gasteiger partial charge on any atom is 0.419 e. The van der Waals surface area contributed by atoms with E-state index in [0.717, 1.165) is 17.8 Å². The number of H-pyrrole nitrogens is 1. The van der Waals surface area contributed by atoms with E-state index in [4.69, 9.17) is 4.42 Å². The van der Waals surface area contributed by atoms with E-state index < -0.39 is 11.7 Å². The smallest absolute Gasteiger partial charge is 0.419 e. The third-order valence-electron chi connectivity index (χ3n) is 5.24. The molecule has 4 rings (SSSR count). The molecule has 0 radical (unpaired) electrons. The molecule has 1 amide bonds. The molecule has 0 spiro atoms. The summed E-state index contributed by atoms with van der Waals surface area (Å²) in [4.78, 5) is 19.4. The monoisotopic (exact) mass is 416 g/mol. The van der Waals surface area contributed by atoms with Crippen molar-refractivity contribution in [3.63, 3.8) is 0 Å². The van der Waals surface area contributed by atoms with E-state index in [1.54, 1.807) is 17.9 Å². The predicted molar refractivity (Wildman–Crippen MR) is 105 cm³/mol. The van der Waals surface area contributed by atoms with Crippen LogP contribution in [-0.4, -0.2) is 37.0 Å². The number of anilines is 1. The van der Waals surface area contributed by atoms with E-state index in [1.165, 1.54) is 6.07 Å². The van der Waals surface area contributed by atoms with Gasteiger partial charge in [0.05, 0.1) is 24.2 Å². The summed E-state index contributed by atoms with van der Waals surface area (Å²) in [5, 5.41) is 0. The lowest BCUT2D eigenvalue weighted by molar-refractivity contribution is -0.367. The number of amides is 1. The number of alkyl halides is 3. The fourth-order valence-electron chi connectivity index (χ4n) is 3.55. The maximum absolute atomic E-state index is 13.0. The van der Waals surface area contributed by atoms with Crippen LogP contribution in [0.2, 0.25) is 0 Å². The number of nitrogens with one attached hydrogen (secondary N) is 1. The molecule has 8 heteroatoms. The SMILES string of the molecule is Cc1oc(-c2ccccc2)cc1C(=O)N1CCN(c2ccc(C(F)(F)F)c[nH+]2)CC1. The summed E-state index contributed by atoms with van der Waals surface area (Å²) in [5.74, 6) is 1.71. The topological polar surface area (TPSA) is 50.8 Å². The molecule has 1 aliphatic rings. The van der Waals surface area contributed by atoms with Crippen molar-refractivity contribution in [2.75, 3.05) is 31.1 Å². The van der Waals surface area contributed by atoms with E-state index in [2.05, 4.69) is 4.98 Å². The Morgan fingerprint density at radius 1 is 1.03 bits per heavy atom. The predicted octanol–water partition coefficient (Wildman–Crippen LogP) is 4.05. The highest BCUT2D eigenvalue weighted by atomic mass is 19.4. The highest BCUT2D eigenvalue weighted by molar-refractivity contribution is 5.96. The molecule has 1 saturated heterocycles. The van der Waals surface area contributed by atoms with Crippen molar-refractivity contribution in [2.24, 2.45) is 0 Å². The van der Waals surface area contributed by atoms with Crippen LogP contribution in [0.3, 0.4) is 0 Å². The Kier molecular flexibility index (Phi) is 5.24. The zero-order valence-electron chi connectivity index (χ0n) is 16.4. The van der Waals surface area contributed by atoms with Crippen molar-refractivity contribution in [1.82, 2.24) is 4.90 Å². The number of carbonyl (C=O) groups excluding carboxylic acids is 1. The molecule has 0 saturated carbocycles. The van der Waals surface area contributed by atoms with Gasteiger partial charge in [-0.15, -0.1) is 0 Å². The number of carbonyl (C=O) groups is 1. The number of pyridine rings is 1. The van der Waals surface area contributed by atoms with Crippen molar-refractivity contribution in [2.45, 2.75) is 13.1 Å². The van der Waals surface area contributed by atoms with Crippen LogP contribution in [0, 0.1) is 6.92 Å². The van der Waals surface area contributed by atoms with Gasteiger partial charge in [-0.3, -0.25) is 9.69 Å². The number of benzene rings is 1. The van der Waals surface area contributed by atoms with Gasteiger partial charge in [0.1, 0.15) is 30.8 Å². The highest BCUT2D eigenvalue weighted by Crippen LogP contribution is 2.29. The normalized spacial score (nSPS) is 14.8. The van der Waals surface area contributed by atoms with E-state index >= 15 is 0 Å². The van der Waals surface area contributed by atoms with Crippen LogP contribution in [0.5, 0.6) is 0 Å². The Morgan fingerprint density at radius 3 is 2.33 bits per heavy atom. The number of aromatic nitrogens is 1. The molecule has 0 atom stereocenters. The lowest BCUT2D eigenvalue weighted by Crippen LogP contribution is -2.50. The van der Waals surface area contributed by atoms with Gasteiger partial charge < -0.3 is 9.32 Å². The quantitative estimate of drug-likeness (QED) is 0.647. The van der Waals surface area contributed by atoms with Crippen molar-refractivity contribution < 1.29 is 27.4 Å². The minimum atomic E-state index is -4.37. The van der Waals surface area contributed by atoms with Crippen LogP contribution in [-0.2, 0) is 6.18 Å². The Balaban J connectivity index is 1.42. The maximum atomic E-state index is 13.0. The second kappa shape index (κ2) is 7.85. The van der Waals surface area contributed by atoms with Gasteiger partial charge in [-0.05, 0) is 19.1 Å². The number of hydrogen-bond acceptors (Lipinski definition) is 3. The van der Waals surface area contributed by atoms with E-state index in [0.29, 0.717) is 49.1 Å². The molecule has 0 aliphatic carbocycles. The number of rotatable bonds is 3. The number of nitrogens with zero attached hydrogens (tertiary/aromatic N) is 2. The molecule has 2 aromatic heterocycles. The highest BCUT2D eigenvalue weighted by Gasteiger charge is 2.33. The summed E-state index contributed by atoms with van der Waals surface area (Å²) in [5.41, 5.74) is 0.718. The summed E-state index contributed by atoms with van der Waals surface area (Å²) < 4.78 is 43.9. The van der Waals surface area contributed by atoms with E-state index in [9.17, 15) is 18.0 Å². The van der Waals surface area contributed by atoms with Crippen LogP contribution < -0.4 is 9.88 Å². The second-order valence-electron chi connectivity index (χ2n) is 7.19. The first-order chi connectivity index (χ1) is 14.3. The number of furan rings is 1. The second-order valence-corrected chi connectivity index (χ2v) is 7.19. The number of aryl methyl sites for hydroxylation is 1. The van der Waals surface area contributed by atoms with Crippen LogP contribution in [0.25, 0.3) is 11.3 Å². The number of hydrogen-bond donors (Lipinski definition) is 0. The molecule has 1 aromatic carbocycles. The number of piperazine rings is 1. The number of aromatic amines is 1. The van der Waals surface area contributed by atoms with Crippen molar-refractivity contribution in [3.8, 4) is 11.3 Å². The zero-order valence-corrected chi connectivity index (χ0v) is 16.4. The summed E-state index contributed by atoms with van der Waals surface area (Å²) >= 11 is 0. The molecule has 1 N–H and O–H groups in total. The fraction of sp³-hybridized carbons (Fsp3) is 0.273. The Labute approximate surface area is 171 Å². The molecule has 3 heterocycles. The molecular weight excluding hydrogens is 395 g/mol. The summed E-state index contributed by atoms with van der Waals surface area (Å²) in [6, 6.07) is 13.8. The van der Waals surface area contributed by atoms with Gasteiger partial charge in [0.15, 0.2) is 0 Å². The van der Waals surface area contributed by atoms with Crippen LogP contribution >= 0.6 is 0 Å². The molecule has 156 valence electrons. The molecule has 30 heavy (non-hydrogen) atoms. The fourth-order valence-corrected chi connectivity index (χ4v) is 3.55. The zero-order chi connectivity index (χ0) is 21.3. The summed E-state index contributed by atoms with van der Waals surface area (Å²) in [6.07, 6.45) is -3.41. The molecule has 1 aliphatic heterocycles. The molecule has 5 nitrogen and oxygen atoms in total. The Hall–Kier alpha value is -3.29. The first-order valence-electron chi connectivity index (χ1n) is 9.62. The third kappa shape index (κ3) is 4.03. The summed E-state index contributed by atoms with van der Waals surface area (Å²) in [6.45, 7) is 3.76. The minimum absolute atomic E-state index is 0.102. The first-order valence-corrected chi connectivity index (χ1v) is 9.62. The molecule has 0 bridgehead atoms. The van der Waals surface area contributed by atoms with Gasteiger partial charge in [0, 0.05) is 11.6 Å². The standard InChI is InChI=1S/C22H20F3N3O2/c1-15-18(13-19(30-15)16-5-3-2-4-6-16)21(29)28-11-9-27(10-12-28)20-8-7-17(14-26-20)22(23,24)25/h2-8,13-14H,9-12H2,1H3/p+1. The number of halogens is 3. The minimum Gasteiger partial charge on any atom is -0.461 e. The van der Waals surface area contributed by atoms with Crippen LogP contribution in [0.1, 0.15) is 21.7 Å². The van der Waals surface area contributed by atoms with Crippen LogP contribution in [0.4, 0.5) is 19.0 Å². The summed E-state index contributed by atoms with van der Waals surface area (Å²) in [7, 11) is 0. The largest absolute Gasteiger partial charge is 0.461 e. The van der Waals surface area contributed by atoms with Gasteiger partial charge in [-0.25, -0.2) is 4.98 Å². The van der Waals surface area contributed by atoms with Crippen molar-refractivity contribution >= 4 is 11.7 Å². The van der Waals surface area contributed by atoms with Gasteiger partial charge in [0.25, 0.3) is 11.7 Å². The molecule has 3 aromatic rings. The molecule has 1 fully saturated rings. The van der Waals surface area contributed by atoms with Gasteiger partial charge in [-0.2, -0.15) is 13.2 Å². The first kappa shape index (κ1) is 20.0. The molecular formula is C22H21F3N3O2+. The molecule has 0 unspecified atom stereocenters. The lowest BCUT2D eigenvalue weighted by Gasteiger charge is -2.30. The van der Waals surface area contributed by atoms with E-state index in [-0.39, 0.29) is 5.91 Å². The average molecular weight is 416 g/mol. The van der Waals surface area contributed by atoms with Gasteiger partial charge >= 0.3 is 6.18 Å². The van der Waals surface area contributed by atoms with Gasteiger partial charge in [-0.1, -0.05) is 30.3 Å². The van der Waals surface area contributed by atoms with Gasteiger partial charge in [0.2, 0.25) is 0 Å². The lowest BCUT2D eigenvalue weighted by atomic mass is 10.1. The van der Waals surface area contributed by atoms with Crippen molar-refractivity contribution in [3.05, 3.63) is 71.6 Å².